The molecule has 4 heteroatoms. The highest BCUT2D eigenvalue weighted by Gasteiger charge is 2.12. The number of carbonyl (C=O) groups excluding carboxylic acids is 1. The number of nitrogens with one attached hydrogen (secondary N) is 2. The van der Waals surface area contributed by atoms with E-state index in [9.17, 15) is 4.79 Å². The van der Waals surface area contributed by atoms with E-state index in [1.165, 1.54) is 5.56 Å². The molecule has 0 spiro atoms. The van der Waals surface area contributed by atoms with Gasteiger partial charge in [0.15, 0.2) is 6.54 Å². The minimum Gasteiger partial charge on any atom is -0.326 e. The van der Waals surface area contributed by atoms with Gasteiger partial charge in [0.25, 0.3) is 5.91 Å². The average Bonchev–Trinajstić information content (AvgIpc) is 2.43. The van der Waals surface area contributed by atoms with Gasteiger partial charge in [0.05, 0.1) is 7.05 Å². The second kappa shape index (κ2) is 7.43. The summed E-state index contributed by atoms with van der Waals surface area (Å²) in [5, 5.41) is 3.72. The summed E-state index contributed by atoms with van der Waals surface area (Å²) in [4.78, 5) is 13.3. The molecule has 2 aromatic rings. The minimum atomic E-state index is 0.0215. The number of hydrogen-bond acceptors (Lipinski definition) is 1. The molecule has 0 heterocycles. The number of rotatable bonds is 5. The van der Waals surface area contributed by atoms with Crippen LogP contribution in [0.2, 0.25) is 5.02 Å². The molecule has 3 nitrogen and oxygen atoms in total. The molecule has 0 aliphatic rings. The fourth-order valence-corrected chi connectivity index (χ4v) is 2.63. The maximum atomic E-state index is 12.2. The van der Waals surface area contributed by atoms with Crippen LogP contribution in [0.3, 0.4) is 0 Å². The fourth-order valence-electron chi connectivity index (χ4n) is 2.41. The van der Waals surface area contributed by atoms with Crippen LogP contribution in [0.1, 0.15) is 16.7 Å². The van der Waals surface area contributed by atoms with E-state index in [2.05, 4.69) is 5.32 Å². The summed E-state index contributed by atoms with van der Waals surface area (Å²) in [5.74, 6) is 0.0215. The molecule has 0 aromatic heterocycles. The maximum absolute atomic E-state index is 12.2. The fraction of sp³-hybridized carbons (Fsp3) is 0.278. The van der Waals surface area contributed by atoms with E-state index >= 15 is 0 Å². The third-order valence-corrected chi connectivity index (χ3v) is 3.97. The predicted octanol–water partition coefficient (Wildman–Crippen LogP) is 2.61. The third kappa shape index (κ3) is 4.58. The maximum Gasteiger partial charge on any atom is 0.279 e. The first-order chi connectivity index (χ1) is 10.5. The number of quaternary nitrogens is 1. The minimum absolute atomic E-state index is 0.0215. The van der Waals surface area contributed by atoms with Crippen LogP contribution >= 0.6 is 11.6 Å². The zero-order valence-corrected chi connectivity index (χ0v) is 14.0. The Morgan fingerprint density at radius 1 is 1.18 bits per heavy atom. The summed E-state index contributed by atoms with van der Waals surface area (Å²) in [7, 11) is 2.00. The van der Waals surface area contributed by atoms with E-state index in [4.69, 9.17) is 11.6 Å². The van der Waals surface area contributed by atoms with E-state index in [1.807, 2.05) is 63.4 Å². The Balaban J connectivity index is 1.92. The number of benzene rings is 2. The molecule has 0 saturated carbocycles. The summed E-state index contributed by atoms with van der Waals surface area (Å²) in [6.45, 7) is 5.25. The van der Waals surface area contributed by atoms with Gasteiger partial charge in [0.2, 0.25) is 0 Å². The van der Waals surface area contributed by atoms with E-state index in [-0.39, 0.29) is 5.91 Å². The molecule has 1 atom stereocenters. The second-order valence-corrected chi connectivity index (χ2v) is 6.17. The molecule has 0 bridgehead atoms. The molecule has 0 saturated heterocycles. The molecule has 22 heavy (non-hydrogen) atoms. The second-order valence-electron chi connectivity index (χ2n) is 5.74. The van der Waals surface area contributed by atoms with Crippen LogP contribution in [0, 0.1) is 13.8 Å². The highest BCUT2D eigenvalue weighted by Crippen LogP contribution is 2.17. The summed E-state index contributed by atoms with van der Waals surface area (Å²) in [6.07, 6.45) is 0. The quantitative estimate of drug-likeness (QED) is 0.873. The van der Waals surface area contributed by atoms with Crippen LogP contribution in [0.15, 0.2) is 42.5 Å². The van der Waals surface area contributed by atoms with Gasteiger partial charge >= 0.3 is 0 Å². The molecule has 1 unspecified atom stereocenters. The van der Waals surface area contributed by atoms with Gasteiger partial charge < -0.3 is 10.2 Å². The van der Waals surface area contributed by atoms with Gasteiger partial charge in [-0.05, 0) is 43.2 Å². The number of amides is 1. The lowest BCUT2D eigenvalue weighted by atomic mass is 10.1. The van der Waals surface area contributed by atoms with Crippen molar-refractivity contribution in [2.75, 3.05) is 18.9 Å². The first kappa shape index (κ1) is 16.5. The Morgan fingerprint density at radius 2 is 1.91 bits per heavy atom. The lowest BCUT2D eigenvalue weighted by Crippen LogP contribution is -3.08. The zero-order chi connectivity index (χ0) is 16.1. The molecule has 2 N–H and O–H groups in total. The Morgan fingerprint density at radius 3 is 2.64 bits per heavy atom. The van der Waals surface area contributed by atoms with E-state index in [0.717, 1.165) is 33.3 Å². The van der Waals surface area contributed by atoms with Gasteiger partial charge in [-0.15, -0.1) is 0 Å². The first-order valence-electron chi connectivity index (χ1n) is 7.37. The van der Waals surface area contributed by atoms with Crippen LogP contribution in [0.25, 0.3) is 0 Å². The molecule has 0 fully saturated rings. The smallest absolute Gasteiger partial charge is 0.279 e. The van der Waals surface area contributed by atoms with Crippen molar-refractivity contribution in [3.63, 3.8) is 0 Å². The Hall–Kier alpha value is -1.84. The lowest BCUT2D eigenvalue weighted by Gasteiger charge is -2.15. The Labute approximate surface area is 136 Å². The molecule has 0 aliphatic carbocycles. The normalized spacial score (nSPS) is 12.0. The number of hydrogen-bond donors (Lipinski definition) is 2. The van der Waals surface area contributed by atoms with Gasteiger partial charge in [-0.1, -0.05) is 35.9 Å². The van der Waals surface area contributed by atoms with Crippen LogP contribution in [0.4, 0.5) is 5.69 Å². The Kier molecular flexibility index (Phi) is 5.58. The number of carbonyl (C=O) groups is 1. The topological polar surface area (TPSA) is 33.5 Å². The van der Waals surface area contributed by atoms with E-state index < -0.39 is 0 Å². The van der Waals surface area contributed by atoms with Crippen LogP contribution < -0.4 is 10.2 Å². The monoisotopic (exact) mass is 317 g/mol. The van der Waals surface area contributed by atoms with Gasteiger partial charge in [0.1, 0.15) is 6.54 Å². The van der Waals surface area contributed by atoms with Gasteiger partial charge in [-0.2, -0.15) is 0 Å². The summed E-state index contributed by atoms with van der Waals surface area (Å²) in [5.41, 5.74) is 4.31. The summed E-state index contributed by atoms with van der Waals surface area (Å²) in [6, 6.07) is 13.7. The van der Waals surface area contributed by atoms with Gasteiger partial charge in [-0.3, -0.25) is 4.79 Å². The molecule has 0 radical (unpaired) electrons. The van der Waals surface area contributed by atoms with Crippen molar-refractivity contribution in [1.82, 2.24) is 0 Å². The number of aryl methyl sites for hydroxylation is 1. The SMILES string of the molecule is Cc1cccc(NC(=O)C[NH+](C)Cc2cccc(Cl)c2)c1C. The first-order valence-corrected chi connectivity index (χ1v) is 7.75. The zero-order valence-electron chi connectivity index (χ0n) is 13.2. The molecule has 0 aliphatic heterocycles. The van der Waals surface area contributed by atoms with Crippen molar-refractivity contribution in [2.45, 2.75) is 20.4 Å². The summed E-state index contributed by atoms with van der Waals surface area (Å²) >= 11 is 5.99. The number of likely N-dealkylation sites (N-methyl/N-ethyl adjacent to an activating group) is 1. The molecular weight excluding hydrogens is 296 g/mol. The molecule has 116 valence electrons. The summed E-state index contributed by atoms with van der Waals surface area (Å²) < 4.78 is 0. The molecule has 2 rings (SSSR count). The average molecular weight is 318 g/mol. The van der Waals surface area contributed by atoms with Gasteiger partial charge in [0, 0.05) is 16.3 Å². The van der Waals surface area contributed by atoms with Crippen molar-refractivity contribution in [2.24, 2.45) is 0 Å². The standard InChI is InChI=1S/C18H21ClN2O/c1-13-6-4-9-17(14(13)2)20-18(22)12-21(3)11-15-7-5-8-16(19)10-15/h4-10H,11-12H2,1-3H3,(H,20,22)/p+1. The highest BCUT2D eigenvalue weighted by atomic mass is 35.5. The van der Waals surface area contributed by atoms with Crippen molar-refractivity contribution in [3.05, 3.63) is 64.2 Å². The number of halogens is 1. The third-order valence-electron chi connectivity index (χ3n) is 3.74. The predicted molar refractivity (Wildman–Crippen MR) is 91.5 cm³/mol. The van der Waals surface area contributed by atoms with Crippen molar-refractivity contribution >= 4 is 23.2 Å². The Bertz CT molecular complexity index is 670. The van der Waals surface area contributed by atoms with Crippen LogP contribution in [-0.4, -0.2) is 19.5 Å². The largest absolute Gasteiger partial charge is 0.326 e. The molecule has 2 aromatic carbocycles. The highest BCUT2D eigenvalue weighted by molar-refractivity contribution is 6.30. The number of anilines is 1. The van der Waals surface area contributed by atoms with Gasteiger partial charge in [-0.25, -0.2) is 0 Å². The lowest BCUT2D eigenvalue weighted by molar-refractivity contribution is -0.885. The van der Waals surface area contributed by atoms with Crippen molar-refractivity contribution in [3.8, 4) is 0 Å². The van der Waals surface area contributed by atoms with E-state index in [1.54, 1.807) is 0 Å². The van der Waals surface area contributed by atoms with Crippen LogP contribution in [-0.2, 0) is 11.3 Å². The van der Waals surface area contributed by atoms with Crippen molar-refractivity contribution in [1.29, 1.82) is 0 Å². The molecule has 1 amide bonds. The van der Waals surface area contributed by atoms with Crippen LogP contribution in [0.5, 0.6) is 0 Å². The molecular formula is C18H22ClN2O+. The van der Waals surface area contributed by atoms with Crippen molar-refractivity contribution < 1.29 is 9.69 Å². The van der Waals surface area contributed by atoms with E-state index in [0.29, 0.717) is 6.54 Å².